The number of alkyl halides is 3. The Morgan fingerprint density at radius 3 is 1.13 bits per heavy atom. The number of hydrogen-bond donors (Lipinski definition) is 0. The van der Waals surface area contributed by atoms with Crippen molar-refractivity contribution >= 4 is 66.4 Å². The van der Waals surface area contributed by atoms with E-state index in [0.29, 0.717) is 99.9 Å². The van der Waals surface area contributed by atoms with Gasteiger partial charge in [0.15, 0.2) is 22.7 Å². The quantitative estimate of drug-likeness (QED) is 0.148. The summed E-state index contributed by atoms with van der Waals surface area (Å²) < 4.78 is 51.3. The van der Waals surface area contributed by atoms with Crippen LogP contribution in [0, 0.1) is 78.5 Å². The van der Waals surface area contributed by atoms with Gasteiger partial charge in [0.2, 0.25) is 0 Å². The lowest BCUT2D eigenvalue weighted by molar-refractivity contribution is -0.137. The molecule has 0 N–H and O–H groups in total. The third-order valence-corrected chi connectivity index (χ3v) is 15.1. The van der Waals surface area contributed by atoms with E-state index in [0.717, 1.165) is 33.4 Å². The van der Waals surface area contributed by atoms with Gasteiger partial charge in [-0.25, -0.2) is 19.4 Å². The molecule has 12 aromatic rings. The fraction of sp³-hybridized carbons (Fsp3) is 0.0286. The zero-order chi connectivity index (χ0) is 57.8. The van der Waals surface area contributed by atoms with E-state index in [-0.39, 0.29) is 33.9 Å². The summed E-state index contributed by atoms with van der Waals surface area (Å²) in [5.74, 6) is 0. The molecule has 0 aliphatic heterocycles. The van der Waals surface area contributed by atoms with Gasteiger partial charge in [0.05, 0.1) is 83.9 Å². The van der Waals surface area contributed by atoms with Crippen LogP contribution in [0.3, 0.4) is 0 Å². The lowest BCUT2D eigenvalue weighted by Crippen LogP contribution is -2.11. The highest BCUT2D eigenvalue weighted by atomic mass is 19.4. The van der Waals surface area contributed by atoms with Crippen molar-refractivity contribution in [3.8, 4) is 91.3 Å². The summed E-state index contributed by atoms with van der Waals surface area (Å²) in [6.07, 6.45) is -4.87. The standard InChI is InChI=1S/C70H33F3N10/c1-40-6-9-43(30-64(40)82-65-32-45(53-23-15-51(78-2)28-49(53)38-76)10-19-57(65)58-21-12-47(34-66(58)82)55-17-7-41(36-74)26-62(55)80-4)44-14-25-61(70(71,72)73)69(31-44)83-67-33-46(54-24-16-52(79-3)29-50(54)39-77)11-20-59(67)60-22-13-48(35-68(60)83)56-18-8-42(37-75)27-63(56)81-5/h6-35H,1H3. The van der Waals surface area contributed by atoms with Crippen LogP contribution in [0.5, 0.6) is 0 Å². The maximum Gasteiger partial charge on any atom is 0.418 e. The molecule has 13 heteroatoms. The molecule has 10 aromatic carbocycles. The number of benzene rings is 10. The fourth-order valence-electron chi connectivity index (χ4n) is 11.2. The van der Waals surface area contributed by atoms with E-state index >= 15 is 13.2 Å². The minimum atomic E-state index is -4.87. The maximum absolute atomic E-state index is 15.9. The number of fused-ring (bicyclic) bond motifs is 6. The van der Waals surface area contributed by atoms with Crippen molar-refractivity contribution in [2.45, 2.75) is 13.1 Å². The Hall–Kier alpha value is -12.5. The van der Waals surface area contributed by atoms with Crippen molar-refractivity contribution in [2.75, 3.05) is 0 Å². The van der Waals surface area contributed by atoms with Crippen molar-refractivity contribution in [1.82, 2.24) is 9.13 Å². The number of aryl methyl sites for hydroxylation is 1. The van der Waals surface area contributed by atoms with Crippen molar-refractivity contribution in [3.63, 3.8) is 0 Å². The van der Waals surface area contributed by atoms with E-state index in [9.17, 15) is 21.0 Å². The SMILES string of the molecule is [C-]#[N+]c1ccc(-c2ccc3c4ccc(-c5ccc(C#N)cc5[N+]#[C-])cc4n(-c4cc(-c5ccc(C(F)(F)F)c(-n6c7cc(-c8ccc([N+]#[C-])cc8C#N)ccc7c7ccc(-c8ccc(C#N)cc8[N+]#[C-])cc76)c5)ccc4C)c3c2)c(C#N)c1. The average Bonchev–Trinajstić information content (AvgIpc) is 3.98. The molecular weight excluding hydrogens is 1040 g/mol. The lowest BCUT2D eigenvalue weighted by Gasteiger charge is -2.19. The molecule has 2 heterocycles. The van der Waals surface area contributed by atoms with E-state index < -0.39 is 11.7 Å². The summed E-state index contributed by atoms with van der Waals surface area (Å²) in [6.45, 7) is 33.1. The molecule has 0 aliphatic carbocycles. The first-order valence-corrected chi connectivity index (χ1v) is 25.5. The van der Waals surface area contributed by atoms with Crippen LogP contribution >= 0.6 is 0 Å². The van der Waals surface area contributed by atoms with E-state index in [1.54, 1.807) is 102 Å². The van der Waals surface area contributed by atoms with Gasteiger partial charge in [0.1, 0.15) is 0 Å². The molecule has 0 fully saturated rings. The first kappa shape index (κ1) is 51.3. The van der Waals surface area contributed by atoms with Crippen molar-refractivity contribution < 1.29 is 13.2 Å². The van der Waals surface area contributed by atoms with Crippen molar-refractivity contribution in [2.24, 2.45) is 0 Å². The van der Waals surface area contributed by atoms with Crippen LogP contribution in [0.2, 0.25) is 0 Å². The number of nitriles is 4. The predicted molar refractivity (Wildman–Crippen MR) is 316 cm³/mol. The number of aromatic nitrogens is 2. The van der Waals surface area contributed by atoms with Gasteiger partial charge in [-0.2, -0.15) is 34.2 Å². The van der Waals surface area contributed by atoms with Crippen LogP contribution < -0.4 is 0 Å². The second-order valence-electron chi connectivity index (χ2n) is 19.6. The highest BCUT2D eigenvalue weighted by molar-refractivity contribution is 6.13. The molecule has 0 bridgehead atoms. The number of rotatable bonds is 7. The molecule has 10 nitrogen and oxygen atoms in total. The summed E-state index contributed by atoms with van der Waals surface area (Å²) in [4.78, 5) is 14.5. The summed E-state index contributed by atoms with van der Waals surface area (Å²) in [6, 6.07) is 60.0. The predicted octanol–water partition coefficient (Wildman–Crippen LogP) is 19.2. The van der Waals surface area contributed by atoms with E-state index in [4.69, 9.17) is 26.3 Å². The van der Waals surface area contributed by atoms with Gasteiger partial charge >= 0.3 is 6.18 Å². The highest BCUT2D eigenvalue weighted by Gasteiger charge is 2.35. The van der Waals surface area contributed by atoms with Crippen LogP contribution in [0.1, 0.15) is 33.4 Å². The molecule has 12 rings (SSSR count). The van der Waals surface area contributed by atoms with Gasteiger partial charge < -0.3 is 9.13 Å². The molecule has 0 saturated carbocycles. The normalized spacial score (nSPS) is 11.0. The number of nitrogens with zero attached hydrogens (tertiary/aromatic N) is 10. The first-order chi connectivity index (χ1) is 40.3. The molecule has 0 aliphatic rings. The second kappa shape index (κ2) is 20.1. The van der Waals surface area contributed by atoms with Crippen molar-refractivity contribution in [3.05, 3.63) is 261 Å². The molecule has 0 unspecified atom stereocenters. The average molecular weight is 1070 g/mol. The zero-order valence-corrected chi connectivity index (χ0v) is 43.4. The Morgan fingerprint density at radius 1 is 0.373 bits per heavy atom. The molecule has 83 heavy (non-hydrogen) atoms. The third kappa shape index (κ3) is 8.64. The topological polar surface area (TPSA) is 122 Å². The van der Waals surface area contributed by atoms with Gasteiger partial charge in [0.25, 0.3) is 0 Å². The van der Waals surface area contributed by atoms with E-state index in [1.807, 2.05) is 61.5 Å². The monoisotopic (exact) mass is 1070 g/mol. The minimum absolute atomic E-state index is 0.189. The summed E-state index contributed by atoms with van der Waals surface area (Å²) in [5.41, 5.74) is 10.4. The van der Waals surface area contributed by atoms with Crippen molar-refractivity contribution in [1.29, 1.82) is 21.0 Å². The number of hydrogen-bond acceptors (Lipinski definition) is 4. The Kier molecular flexibility index (Phi) is 12.4. The van der Waals surface area contributed by atoms with E-state index in [1.165, 1.54) is 24.3 Å². The first-order valence-electron chi connectivity index (χ1n) is 25.5. The Labute approximate surface area is 473 Å². The van der Waals surface area contributed by atoms with Crippen LogP contribution in [0.15, 0.2) is 182 Å². The molecular formula is C70H33F3N10. The van der Waals surface area contributed by atoms with Gasteiger partial charge in [-0.15, -0.1) is 0 Å². The second-order valence-corrected chi connectivity index (χ2v) is 19.6. The Bertz CT molecular complexity index is 4950. The minimum Gasteiger partial charge on any atom is -0.309 e. The third-order valence-electron chi connectivity index (χ3n) is 15.1. The lowest BCUT2D eigenvalue weighted by atomic mass is 9.97. The summed E-state index contributed by atoms with van der Waals surface area (Å²) in [5, 5.41) is 42.8. The summed E-state index contributed by atoms with van der Waals surface area (Å²) >= 11 is 0. The van der Waals surface area contributed by atoms with Gasteiger partial charge in [-0.1, -0.05) is 103 Å². The Morgan fingerprint density at radius 2 is 0.747 bits per heavy atom. The number of halogens is 3. The highest BCUT2D eigenvalue weighted by Crippen LogP contribution is 2.46. The molecule has 0 spiro atoms. The molecule has 0 saturated heterocycles. The van der Waals surface area contributed by atoms with Crippen LogP contribution in [0.4, 0.5) is 35.9 Å². The Balaban J connectivity index is 1.12. The van der Waals surface area contributed by atoms with Gasteiger partial charge in [0, 0.05) is 49.5 Å². The molecule has 0 atom stereocenters. The summed E-state index contributed by atoms with van der Waals surface area (Å²) in [7, 11) is 0. The van der Waals surface area contributed by atoms with Gasteiger partial charge in [-0.3, -0.25) is 0 Å². The largest absolute Gasteiger partial charge is 0.418 e. The van der Waals surface area contributed by atoms with Gasteiger partial charge in [-0.05, 0) is 147 Å². The maximum atomic E-state index is 15.9. The van der Waals surface area contributed by atoms with Crippen LogP contribution in [-0.2, 0) is 6.18 Å². The fourth-order valence-corrected chi connectivity index (χ4v) is 11.2. The van der Waals surface area contributed by atoms with Crippen LogP contribution in [0.25, 0.3) is 130 Å². The molecule has 384 valence electrons. The molecule has 0 amide bonds. The molecule has 0 radical (unpaired) electrons. The van der Waals surface area contributed by atoms with E-state index in [2.05, 4.69) is 48.2 Å². The molecule has 2 aromatic heterocycles. The zero-order valence-electron chi connectivity index (χ0n) is 43.4. The van der Waals surface area contributed by atoms with Crippen LogP contribution in [-0.4, -0.2) is 9.13 Å². The smallest absolute Gasteiger partial charge is 0.309 e.